The van der Waals surface area contributed by atoms with E-state index in [-0.39, 0.29) is 18.1 Å². The van der Waals surface area contributed by atoms with Gasteiger partial charge in [0.05, 0.1) is 11.7 Å². The Labute approximate surface area is 322 Å². The third-order valence-corrected chi connectivity index (χ3v) is 11.8. The fourth-order valence-electron chi connectivity index (χ4n) is 8.76. The number of benzene rings is 2. The Morgan fingerprint density at radius 3 is 2.39 bits per heavy atom. The van der Waals surface area contributed by atoms with Gasteiger partial charge in [-0.05, 0) is 74.2 Å². The smallest absolute Gasteiger partial charge is 0.216 e. The third kappa shape index (κ3) is 6.86. The van der Waals surface area contributed by atoms with Crippen molar-refractivity contribution < 1.29 is 39.0 Å². The van der Waals surface area contributed by atoms with Crippen LogP contribution in [-0.4, -0.2) is 101 Å². The van der Waals surface area contributed by atoms with Crippen molar-refractivity contribution in [1.29, 1.82) is 0 Å². The molecule has 5 heterocycles. The van der Waals surface area contributed by atoms with Gasteiger partial charge in [-0.2, -0.15) is 4.98 Å². The van der Waals surface area contributed by atoms with E-state index >= 15 is 0 Å². The minimum atomic E-state index is -1.17. The molecule has 0 amide bonds. The quantitative estimate of drug-likeness (QED) is 0.122. The second-order valence-corrected chi connectivity index (χ2v) is 15.3. The zero-order valence-electron chi connectivity index (χ0n) is 31.0. The number of aromatic nitrogens is 5. The summed E-state index contributed by atoms with van der Waals surface area (Å²) in [6, 6.07) is 10.6. The highest BCUT2D eigenvalue weighted by molar-refractivity contribution is 5.78. The number of aryl methyl sites for hydroxylation is 3. The average molecular weight is 768 g/mol. The van der Waals surface area contributed by atoms with Crippen LogP contribution in [0.4, 0.5) is 4.39 Å². The van der Waals surface area contributed by atoms with Crippen LogP contribution in [0.5, 0.6) is 17.4 Å². The predicted molar refractivity (Wildman–Crippen MR) is 201 cm³/mol. The van der Waals surface area contributed by atoms with Gasteiger partial charge in [-0.15, -0.1) is 0 Å². The molecule has 2 aromatic carbocycles. The van der Waals surface area contributed by atoms with Crippen molar-refractivity contribution in [3.05, 3.63) is 100 Å². The van der Waals surface area contributed by atoms with Crippen molar-refractivity contribution in [2.24, 2.45) is 0 Å². The molecule has 56 heavy (non-hydrogen) atoms. The van der Waals surface area contributed by atoms with Crippen molar-refractivity contribution >= 4 is 11.0 Å². The summed E-state index contributed by atoms with van der Waals surface area (Å²) in [6.07, 6.45) is 1.22. The highest BCUT2D eigenvalue weighted by atomic mass is 19.1. The first kappa shape index (κ1) is 36.8. The van der Waals surface area contributed by atoms with Gasteiger partial charge in [-0.1, -0.05) is 12.1 Å². The molecule has 9 rings (SSSR count). The van der Waals surface area contributed by atoms with Crippen molar-refractivity contribution in [2.75, 3.05) is 13.1 Å². The molecule has 0 saturated heterocycles. The van der Waals surface area contributed by atoms with Gasteiger partial charge in [0.2, 0.25) is 5.88 Å². The molecule has 5 aromatic rings. The maximum absolute atomic E-state index is 14.9. The van der Waals surface area contributed by atoms with E-state index in [9.17, 15) is 24.8 Å². The van der Waals surface area contributed by atoms with Gasteiger partial charge >= 0.3 is 0 Å². The van der Waals surface area contributed by atoms with Crippen LogP contribution in [0.3, 0.4) is 0 Å². The molecule has 2 fully saturated rings. The van der Waals surface area contributed by atoms with Gasteiger partial charge in [0.15, 0.2) is 0 Å². The van der Waals surface area contributed by atoms with Crippen molar-refractivity contribution in [3.63, 3.8) is 0 Å². The van der Waals surface area contributed by atoms with Gasteiger partial charge in [-0.25, -0.2) is 19.3 Å². The van der Waals surface area contributed by atoms with Gasteiger partial charge < -0.3 is 49.8 Å². The number of hydrogen-bond donors (Lipinski definition) is 6. The van der Waals surface area contributed by atoms with Gasteiger partial charge in [0.1, 0.15) is 77.8 Å². The number of nitrogens with one attached hydrogen (secondary N) is 2. The predicted octanol–water partition coefficient (Wildman–Crippen LogP) is 2.18. The van der Waals surface area contributed by atoms with Crippen LogP contribution < -0.4 is 24.8 Å². The molecule has 14 nitrogen and oxygen atoms in total. The van der Waals surface area contributed by atoms with Crippen LogP contribution in [0, 0.1) is 12.7 Å². The molecule has 2 saturated carbocycles. The lowest BCUT2D eigenvalue weighted by atomic mass is 9.96. The summed E-state index contributed by atoms with van der Waals surface area (Å²) >= 11 is 0. The monoisotopic (exact) mass is 767 g/mol. The maximum Gasteiger partial charge on any atom is 0.216 e. The number of hydrogen-bond acceptors (Lipinski definition) is 13. The molecule has 4 aliphatic rings. The Hall–Kier alpha value is -4.77. The summed E-state index contributed by atoms with van der Waals surface area (Å²) in [5, 5.41) is 51.6. The molecular formula is C41H46FN7O7. The summed E-state index contributed by atoms with van der Waals surface area (Å²) in [5.74, 6) is 1.80. The highest BCUT2D eigenvalue weighted by Crippen LogP contribution is 2.39. The molecule has 2 aliphatic heterocycles. The summed E-state index contributed by atoms with van der Waals surface area (Å²) in [5.41, 5.74) is 5.55. The van der Waals surface area contributed by atoms with Gasteiger partial charge in [0.25, 0.3) is 0 Å². The third-order valence-electron chi connectivity index (χ3n) is 11.8. The zero-order valence-corrected chi connectivity index (χ0v) is 31.0. The van der Waals surface area contributed by atoms with Crippen molar-refractivity contribution in [2.45, 2.75) is 107 Å². The van der Waals surface area contributed by atoms with Crippen LogP contribution in [-0.2, 0) is 38.8 Å². The number of nitrogens with zero attached hydrogens (tertiary/aromatic N) is 5. The summed E-state index contributed by atoms with van der Waals surface area (Å²) in [7, 11) is 0. The lowest BCUT2D eigenvalue weighted by Crippen LogP contribution is -2.36. The molecule has 0 bridgehead atoms. The lowest BCUT2D eigenvalue weighted by molar-refractivity contribution is -0.0321. The minimum Gasteiger partial charge on any atom is -0.487 e. The number of halogens is 1. The van der Waals surface area contributed by atoms with Crippen molar-refractivity contribution in [1.82, 2.24) is 35.1 Å². The number of rotatable bonds is 10. The van der Waals surface area contributed by atoms with Crippen LogP contribution in [0.2, 0.25) is 0 Å². The van der Waals surface area contributed by atoms with E-state index in [4.69, 9.17) is 14.2 Å². The fraction of sp³-hybridized carbons (Fsp3) is 0.463. The Kier molecular flexibility index (Phi) is 10.1. The SMILES string of the molecule is Cc1cc(O[C@H]2C[C@@H](n3ccc4c(CCc5nccc(O[C@@H]6C[C@H](Oc7cccc8c7CNCC8)[C@@H](O)[C@H]6O)n5)ncnc43)[C@H](O)[C@@H]2O)c2c(c1F)CCNC2. The van der Waals surface area contributed by atoms with E-state index in [2.05, 4.69) is 36.6 Å². The first-order chi connectivity index (χ1) is 27.2. The first-order valence-electron chi connectivity index (χ1n) is 19.4. The van der Waals surface area contributed by atoms with Gasteiger partial charge in [-0.3, -0.25) is 0 Å². The van der Waals surface area contributed by atoms with E-state index < -0.39 is 48.8 Å². The fourth-order valence-corrected chi connectivity index (χ4v) is 8.76. The van der Waals surface area contributed by atoms with Crippen LogP contribution in [0.15, 0.2) is 55.1 Å². The molecule has 15 heteroatoms. The second kappa shape index (κ2) is 15.3. The molecule has 8 atom stereocenters. The number of fused-ring (bicyclic) bond motifs is 3. The topological polar surface area (TPSA) is 189 Å². The average Bonchev–Trinajstić information content (AvgIpc) is 3.85. The van der Waals surface area contributed by atoms with E-state index in [0.717, 1.165) is 35.2 Å². The Bertz CT molecular complexity index is 2240. The van der Waals surface area contributed by atoms with E-state index in [1.54, 1.807) is 25.3 Å². The largest absolute Gasteiger partial charge is 0.487 e. The Balaban J connectivity index is 0.856. The summed E-state index contributed by atoms with van der Waals surface area (Å²) in [4.78, 5) is 18.1. The van der Waals surface area contributed by atoms with E-state index in [1.807, 2.05) is 29.0 Å². The van der Waals surface area contributed by atoms with Crippen LogP contribution in [0.25, 0.3) is 11.0 Å². The van der Waals surface area contributed by atoms with E-state index in [1.165, 1.54) is 11.9 Å². The molecule has 3 aromatic heterocycles. The van der Waals surface area contributed by atoms with Crippen LogP contribution >= 0.6 is 0 Å². The standard InChI is InChI=1S/C41H46FN7O7/c1-21-15-30(26-19-44-12-8-23(26)36(21)42)55-31-16-28(37(50)38(31)51)49-14-10-24-27(46-20-47-41(24)49)5-6-34-45-13-9-35(48-34)56-33-17-32(39(52)40(33)53)54-29-4-2-3-22-7-11-43-18-25(22)29/h2-4,9-10,13-15,20,28,31-33,37-40,43-44,50-53H,5-8,11-12,16-19H2,1H3/t28-,31+,32+,33-,37+,38-,39-,40+/m1/s1. The van der Waals surface area contributed by atoms with E-state index in [0.29, 0.717) is 79.4 Å². The molecule has 2 aliphatic carbocycles. The van der Waals surface area contributed by atoms with Crippen LogP contribution in [0.1, 0.15) is 58.2 Å². The maximum atomic E-state index is 14.9. The zero-order chi connectivity index (χ0) is 38.5. The molecule has 6 N–H and O–H groups in total. The molecular weight excluding hydrogens is 721 g/mol. The molecule has 0 spiro atoms. The van der Waals surface area contributed by atoms with Gasteiger partial charge in [0, 0.05) is 67.3 Å². The summed E-state index contributed by atoms with van der Waals surface area (Å²) < 4.78 is 35.4. The summed E-state index contributed by atoms with van der Waals surface area (Å²) in [6.45, 7) is 4.46. The number of aliphatic hydroxyl groups is 4. The highest BCUT2D eigenvalue weighted by Gasteiger charge is 2.46. The second-order valence-electron chi connectivity index (χ2n) is 15.3. The van der Waals surface area contributed by atoms with Crippen molar-refractivity contribution in [3.8, 4) is 17.4 Å². The number of aliphatic hydroxyl groups excluding tert-OH is 4. The molecule has 0 unspecified atom stereocenters. The minimum absolute atomic E-state index is 0.218. The number of ether oxygens (including phenoxy) is 3. The molecule has 294 valence electrons. The first-order valence-corrected chi connectivity index (χ1v) is 19.4. The lowest BCUT2D eigenvalue weighted by Gasteiger charge is -2.25. The Morgan fingerprint density at radius 2 is 1.54 bits per heavy atom. The molecule has 0 radical (unpaired) electrons. The Morgan fingerprint density at radius 1 is 0.786 bits per heavy atom. The normalized spacial score (nSPS) is 27.2.